The number of carbonyl (C=O) groups excluding carboxylic acids is 2. The van der Waals surface area contributed by atoms with E-state index in [1.165, 1.54) is 12.1 Å². The maximum Gasteiger partial charge on any atom is 0.236 e. The summed E-state index contributed by atoms with van der Waals surface area (Å²) in [5.74, 6) is -0.363. The molecule has 1 aromatic carbocycles. The lowest BCUT2D eigenvalue weighted by Gasteiger charge is -2.20. The van der Waals surface area contributed by atoms with Gasteiger partial charge >= 0.3 is 0 Å². The van der Waals surface area contributed by atoms with Crippen LogP contribution in [-0.2, 0) is 20.9 Å². The number of Topliss-reactive ketones (excluding diaryl/α,β-unsaturated/α-hetero) is 1. The number of allylic oxidation sites excluding steroid dienone is 2. The molecule has 1 atom stereocenters. The summed E-state index contributed by atoms with van der Waals surface area (Å²) in [6.45, 7) is 0.783. The summed E-state index contributed by atoms with van der Waals surface area (Å²) >= 11 is 0. The van der Waals surface area contributed by atoms with E-state index in [1.54, 1.807) is 23.2 Å². The van der Waals surface area contributed by atoms with Gasteiger partial charge in [0, 0.05) is 12.7 Å². The molecule has 0 aromatic heterocycles. The minimum atomic E-state index is -0.431. The minimum absolute atomic E-state index is 0.0555. The monoisotopic (exact) mass is 316 g/mol. The van der Waals surface area contributed by atoms with Crippen molar-refractivity contribution in [2.45, 2.75) is 13.0 Å². The third kappa shape index (κ3) is 3.59. The van der Waals surface area contributed by atoms with Gasteiger partial charge in [0.25, 0.3) is 0 Å². The topological polar surface area (TPSA) is 72.6 Å². The van der Waals surface area contributed by atoms with Crippen molar-refractivity contribution in [1.82, 2.24) is 4.90 Å². The van der Waals surface area contributed by atoms with Crippen molar-refractivity contribution in [2.75, 3.05) is 13.1 Å². The second-order valence-corrected chi connectivity index (χ2v) is 5.75. The van der Waals surface area contributed by atoms with E-state index in [9.17, 15) is 14.0 Å². The zero-order valence-electron chi connectivity index (χ0n) is 12.5. The van der Waals surface area contributed by atoms with E-state index in [4.69, 9.17) is 10.5 Å². The first kappa shape index (κ1) is 15.3. The van der Waals surface area contributed by atoms with Crippen LogP contribution in [0.3, 0.4) is 0 Å². The molecule has 5 nitrogen and oxygen atoms in total. The van der Waals surface area contributed by atoms with E-state index in [0.29, 0.717) is 17.9 Å². The fourth-order valence-electron chi connectivity index (χ4n) is 2.86. The van der Waals surface area contributed by atoms with Gasteiger partial charge in [0.2, 0.25) is 5.91 Å². The first-order valence-electron chi connectivity index (χ1n) is 7.36. The molecule has 0 saturated carbocycles. The Labute approximate surface area is 133 Å². The number of hydrogen-bond donors (Lipinski definition) is 1. The molecule has 0 radical (unpaired) electrons. The number of nitrogens with zero attached hydrogens (tertiary/aromatic N) is 1. The van der Waals surface area contributed by atoms with Gasteiger partial charge in [0.15, 0.2) is 0 Å². The van der Waals surface area contributed by atoms with E-state index in [0.717, 1.165) is 5.57 Å². The molecule has 1 aliphatic heterocycles. The molecule has 0 fully saturated rings. The lowest BCUT2D eigenvalue weighted by Crippen LogP contribution is -2.32. The summed E-state index contributed by atoms with van der Waals surface area (Å²) in [6.07, 6.45) is 3.81. The van der Waals surface area contributed by atoms with Crippen molar-refractivity contribution in [3.8, 4) is 0 Å². The molecule has 1 amide bonds. The summed E-state index contributed by atoms with van der Waals surface area (Å²) in [6, 6.07) is 6.15. The Balaban J connectivity index is 1.69. The molecule has 1 aromatic rings. The molecule has 1 unspecified atom stereocenters. The van der Waals surface area contributed by atoms with Crippen LogP contribution in [0.2, 0.25) is 0 Å². The van der Waals surface area contributed by atoms with E-state index in [-0.39, 0.29) is 37.1 Å². The summed E-state index contributed by atoms with van der Waals surface area (Å²) < 4.78 is 18.8. The van der Waals surface area contributed by atoms with Gasteiger partial charge in [-0.15, -0.1) is 0 Å². The number of rotatable bonds is 5. The second kappa shape index (κ2) is 6.24. The van der Waals surface area contributed by atoms with E-state index in [1.807, 2.05) is 6.08 Å². The van der Waals surface area contributed by atoms with Crippen LogP contribution in [-0.4, -0.2) is 29.7 Å². The second-order valence-electron chi connectivity index (χ2n) is 5.75. The third-order valence-electron chi connectivity index (χ3n) is 3.89. The lowest BCUT2D eigenvalue weighted by atomic mass is 9.89. The Hall–Kier alpha value is -2.63. The Morgan fingerprint density at radius 1 is 1.43 bits per heavy atom. The highest BCUT2D eigenvalue weighted by atomic mass is 19.1. The predicted molar refractivity (Wildman–Crippen MR) is 81.2 cm³/mol. The molecule has 3 rings (SSSR count). The molecule has 6 heteroatoms. The van der Waals surface area contributed by atoms with Crippen LogP contribution in [0.4, 0.5) is 4.39 Å². The average molecular weight is 316 g/mol. The Bertz CT molecular complexity index is 712. The summed E-state index contributed by atoms with van der Waals surface area (Å²) in [4.78, 5) is 25.0. The maximum atomic E-state index is 13.1. The smallest absolute Gasteiger partial charge is 0.236 e. The molecule has 0 bridgehead atoms. The highest BCUT2D eigenvalue weighted by molar-refractivity contribution is 5.89. The predicted octanol–water partition coefficient (Wildman–Crippen LogP) is 1.50. The molecular formula is C17H17FN2O3. The molecule has 0 saturated heterocycles. The van der Waals surface area contributed by atoms with E-state index >= 15 is 0 Å². The van der Waals surface area contributed by atoms with Gasteiger partial charge in [-0.1, -0.05) is 12.1 Å². The SMILES string of the molecule is NC(=O)CN1C=C2C=C(OCc3cccc(F)c3)CC(=O)C2C1. The Kier molecular flexibility index (Phi) is 4.14. The third-order valence-corrected chi connectivity index (χ3v) is 3.89. The van der Waals surface area contributed by atoms with Crippen LogP contribution in [0, 0.1) is 11.7 Å². The van der Waals surface area contributed by atoms with Crippen LogP contribution < -0.4 is 5.73 Å². The van der Waals surface area contributed by atoms with Gasteiger partial charge in [0.05, 0.1) is 18.9 Å². The largest absolute Gasteiger partial charge is 0.493 e. The molecular weight excluding hydrogens is 299 g/mol. The normalized spacial score (nSPS) is 20.0. The highest BCUT2D eigenvalue weighted by Gasteiger charge is 2.34. The fraction of sp³-hybridized carbons (Fsp3) is 0.294. The van der Waals surface area contributed by atoms with Crippen molar-refractivity contribution in [3.63, 3.8) is 0 Å². The first-order chi connectivity index (χ1) is 11.0. The van der Waals surface area contributed by atoms with Crippen molar-refractivity contribution < 1.29 is 18.7 Å². The van der Waals surface area contributed by atoms with E-state index in [2.05, 4.69) is 0 Å². The van der Waals surface area contributed by atoms with Gasteiger partial charge in [-0.2, -0.15) is 0 Å². The first-order valence-corrected chi connectivity index (χ1v) is 7.36. The Morgan fingerprint density at radius 2 is 2.26 bits per heavy atom. The highest BCUT2D eigenvalue weighted by Crippen LogP contribution is 2.32. The number of fused-ring (bicyclic) bond motifs is 1. The number of primary amides is 1. The number of hydrogen-bond acceptors (Lipinski definition) is 4. The molecule has 0 spiro atoms. The molecule has 120 valence electrons. The molecule has 1 aliphatic carbocycles. The molecule has 23 heavy (non-hydrogen) atoms. The van der Waals surface area contributed by atoms with E-state index < -0.39 is 5.91 Å². The van der Waals surface area contributed by atoms with Gasteiger partial charge in [0.1, 0.15) is 24.0 Å². The number of halogens is 1. The van der Waals surface area contributed by atoms with Crippen molar-refractivity contribution in [2.24, 2.45) is 11.7 Å². The average Bonchev–Trinajstić information content (AvgIpc) is 2.87. The van der Waals surface area contributed by atoms with Gasteiger partial charge in [-0.3, -0.25) is 9.59 Å². The summed E-state index contributed by atoms with van der Waals surface area (Å²) in [7, 11) is 0. The van der Waals surface area contributed by atoms with Crippen molar-refractivity contribution in [3.05, 3.63) is 59.3 Å². The number of carbonyl (C=O) groups is 2. The van der Waals surface area contributed by atoms with Crippen LogP contribution in [0.1, 0.15) is 12.0 Å². The number of amides is 1. The molecule has 2 N–H and O–H groups in total. The van der Waals surface area contributed by atoms with Gasteiger partial charge in [-0.25, -0.2) is 4.39 Å². The summed E-state index contributed by atoms with van der Waals surface area (Å²) in [5.41, 5.74) is 6.72. The molecule has 2 aliphatic rings. The van der Waals surface area contributed by atoms with Crippen LogP contribution in [0.25, 0.3) is 0 Å². The number of benzene rings is 1. The van der Waals surface area contributed by atoms with Crippen molar-refractivity contribution >= 4 is 11.7 Å². The quantitative estimate of drug-likeness (QED) is 0.893. The zero-order valence-corrected chi connectivity index (χ0v) is 12.5. The minimum Gasteiger partial charge on any atom is -0.493 e. The van der Waals surface area contributed by atoms with Gasteiger partial charge in [-0.05, 0) is 29.3 Å². The Morgan fingerprint density at radius 3 is 3.00 bits per heavy atom. The lowest BCUT2D eigenvalue weighted by molar-refractivity contribution is -0.123. The fourth-order valence-corrected chi connectivity index (χ4v) is 2.86. The number of ether oxygens (including phenoxy) is 1. The van der Waals surface area contributed by atoms with Crippen molar-refractivity contribution in [1.29, 1.82) is 0 Å². The summed E-state index contributed by atoms with van der Waals surface area (Å²) in [5, 5.41) is 0. The number of ketones is 1. The van der Waals surface area contributed by atoms with Crippen LogP contribution in [0.15, 0.2) is 47.9 Å². The number of nitrogens with two attached hydrogens (primary N) is 1. The van der Waals surface area contributed by atoms with Gasteiger partial charge < -0.3 is 15.4 Å². The maximum absolute atomic E-state index is 13.1. The standard InChI is InChI=1S/C17H17FN2O3/c18-13-3-1-2-11(4-13)10-23-14-5-12-7-20(9-17(19)22)8-15(12)16(21)6-14/h1-5,7,15H,6,8-10H2,(H2,19,22). The zero-order chi connectivity index (χ0) is 16.4. The van der Waals surface area contributed by atoms with Crippen LogP contribution >= 0.6 is 0 Å². The molecule has 1 heterocycles. The van der Waals surface area contributed by atoms with Crippen LogP contribution in [0.5, 0.6) is 0 Å².